The van der Waals surface area contributed by atoms with Gasteiger partial charge in [-0.2, -0.15) is 0 Å². The van der Waals surface area contributed by atoms with Crippen molar-refractivity contribution in [2.75, 3.05) is 0 Å². The van der Waals surface area contributed by atoms with Crippen LogP contribution in [-0.2, 0) is 11.8 Å². The van der Waals surface area contributed by atoms with Gasteiger partial charge in [0, 0.05) is 0 Å². The molecule has 0 bridgehead atoms. The Morgan fingerprint density at radius 3 is 2.41 bits per heavy atom. The maximum atomic E-state index is 2.45. The Morgan fingerprint density at radius 1 is 1.18 bits per heavy atom. The molecule has 0 heterocycles. The van der Waals surface area contributed by atoms with Crippen molar-refractivity contribution in [2.24, 2.45) is 5.41 Å². The van der Waals surface area contributed by atoms with Crippen LogP contribution in [0.5, 0.6) is 0 Å². The standard InChI is InChI=1S/C17H26/c1-12-10-17(5,6)11-13-7-8-14(9-15(12)13)16(2,3)4/h7-9,12H,10-11H2,1-6H3/t12-/m1/s1. The lowest BCUT2D eigenvalue weighted by Gasteiger charge is -2.36. The summed E-state index contributed by atoms with van der Waals surface area (Å²) in [6.45, 7) is 14.1. The van der Waals surface area contributed by atoms with Crippen LogP contribution in [0.25, 0.3) is 0 Å². The molecule has 0 N–H and O–H groups in total. The van der Waals surface area contributed by atoms with Crippen molar-refractivity contribution in [3.05, 3.63) is 34.9 Å². The fourth-order valence-electron chi connectivity index (χ4n) is 3.21. The van der Waals surface area contributed by atoms with E-state index < -0.39 is 0 Å². The van der Waals surface area contributed by atoms with Crippen LogP contribution < -0.4 is 0 Å². The molecule has 94 valence electrons. The van der Waals surface area contributed by atoms with E-state index >= 15 is 0 Å². The van der Waals surface area contributed by atoms with Gasteiger partial charge in [0.05, 0.1) is 0 Å². The van der Waals surface area contributed by atoms with Crippen molar-refractivity contribution in [3.63, 3.8) is 0 Å². The van der Waals surface area contributed by atoms with E-state index in [1.54, 1.807) is 11.1 Å². The van der Waals surface area contributed by atoms with Crippen LogP contribution in [0, 0.1) is 5.41 Å². The van der Waals surface area contributed by atoms with Gasteiger partial charge in [-0.3, -0.25) is 0 Å². The number of rotatable bonds is 0. The molecule has 0 spiro atoms. The lowest BCUT2D eigenvalue weighted by Crippen LogP contribution is -2.25. The summed E-state index contributed by atoms with van der Waals surface area (Å²) in [4.78, 5) is 0. The molecular weight excluding hydrogens is 204 g/mol. The molecule has 1 atom stereocenters. The average Bonchev–Trinajstić information content (AvgIpc) is 2.13. The van der Waals surface area contributed by atoms with Gasteiger partial charge in [0.2, 0.25) is 0 Å². The number of hydrogen-bond acceptors (Lipinski definition) is 0. The van der Waals surface area contributed by atoms with Crippen LogP contribution in [0.3, 0.4) is 0 Å². The predicted molar refractivity (Wildman–Crippen MR) is 75.7 cm³/mol. The van der Waals surface area contributed by atoms with Crippen molar-refractivity contribution in [2.45, 2.75) is 65.7 Å². The number of fused-ring (bicyclic) bond motifs is 1. The molecule has 0 unspecified atom stereocenters. The van der Waals surface area contributed by atoms with Crippen molar-refractivity contribution < 1.29 is 0 Å². The molecule has 0 aromatic heterocycles. The van der Waals surface area contributed by atoms with Crippen LogP contribution in [0.1, 0.15) is 70.6 Å². The molecule has 0 aliphatic heterocycles. The molecule has 1 aromatic rings. The van der Waals surface area contributed by atoms with Gasteiger partial charge in [-0.15, -0.1) is 0 Å². The van der Waals surface area contributed by atoms with E-state index in [-0.39, 0.29) is 5.41 Å². The summed E-state index contributed by atoms with van der Waals surface area (Å²) in [5.74, 6) is 0.705. The van der Waals surface area contributed by atoms with Gasteiger partial charge < -0.3 is 0 Å². The topological polar surface area (TPSA) is 0 Å². The van der Waals surface area contributed by atoms with Gasteiger partial charge in [-0.1, -0.05) is 59.7 Å². The van der Waals surface area contributed by atoms with Crippen LogP contribution in [0.15, 0.2) is 18.2 Å². The number of hydrogen-bond donors (Lipinski definition) is 0. The van der Waals surface area contributed by atoms with Crippen molar-refractivity contribution >= 4 is 0 Å². The minimum atomic E-state index is 0.266. The highest BCUT2D eigenvalue weighted by Gasteiger charge is 2.30. The van der Waals surface area contributed by atoms with E-state index in [4.69, 9.17) is 0 Å². The molecule has 0 saturated heterocycles. The van der Waals surface area contributed by atoms with Crippen LogP contribution in [0.2, 0.25) is 0 Å². The first-order valence-corrected chi connectivity index (χ1v) is 6.82. The fraction of sp³-hybridized carbons (Fsp3) is 0.647. The van der Waals surface area contributed by atoms with Crippen molar-refractivity contribution in [3.8, 4) is 0 Å². The summed E-state index contributed by atoms with van der Waals surface area (Å²) >= 11 is 0. The molecule has 0 amide bonds. The third-order valence-corrected chi connectivity index (χ3v) is 4.07. The van der Waals surface area contributed by atoms with Crippen LogP contribution in [0.4, 0.5) is 0 Å². The first-order chi connectivity index (χ1) is 7.69. The minimum Gasteiger partial charge on any atom is -0.0596 e. The van der Waals surface area contributed by atoms with Gasteiger partial charge in [-0.05, 0) is 46.3 Å². The first kappa shape index (κ1) is 12.7. The quantitative estimate of drug-likeness (QED) is 0.584. The Balaban J connectivity index is 2.44. The van der Waals surface area contributed by atoms with Gasteiger partial charge in [0.25, 0.3) is 0 Å². The Bertz CT molecular complexity index is 418. The van der Waals surface area contributed by atoms with Crippen LogP contribution >= 0.6 is 0 Å². The maximum absolute atomic E-state index is 2.45. The Hall–Kier alpha value is -0.780. The highest BCUT2D eigenvalue weighted by molar-refractivity contribution is 5.39. The zero-order valence-electron chi connectivity index (χ0n) is 12.2. The molecule has 0 saturated carbocycles. The Labute approximate surface area is 106 Å². The third-order valence-electron chi connectivity index (χ3n) is 4.07. The molecule has 1 aliphatic carbocycles. The molecule has 0 heteroatoms. The lowest BCUT2D eigenvalue weighted by atomic mass is 9.69. The minimum absolute atomic E-state index is 0.266. The zero-order chi connectivity index (χ0) is 12.8. The van der Waals surface area contributed by atoms with E-state index in [2.05, 4.69) is 59.7 Å². The van der Waals surface area contributed by atoms with Crippen molar-refractivity contribution in [1.29, 1.82) is 0 Å². The number of benzene rings is 1. The van der Waals surface area contributed by atoms with Gasteiger partial charge >= 0.3 is 0 Å². The van der Waals surface area contributed by atoms with Crippen molar-refractivity contribution in [1.82, 2.24) is 0 Å². The van der Waals surface area contributed by atoms with E-state index in [0.717, 1.165) is 0 Å². The predicted octanol–water partition coefficient (Wildman–Crippen LogP) is 5.06. The smallest absolute Gasteiger partial charge is 0.0132 e. The molecule has 17 heavy (non-hydrogen) atoms. The van der Waals surface area contributed by atoms with E-state index in [1.165, 1.54) is 18.4 Å². The zero-order valence-corrected chi connectivity index (χ0v) is 12.2. The van der Waals surface area contributed by atoms with E-state index in [0.29, 0.717) is 11.3 Å². The summed E-state index contributed by atoms with van der Waals surface area (Å²) in [5.41, 5.74) is 5.37. The Kier molecular flexibility index (Phi) is 2.88. The molecule has 0 fully saturated rings. The summed E-state index contributed by atoms with van der Waals surface area (Å²) in [6.07, 6.45) is 2.55. The second-order valence-corrected chi connectivity index (χ2v) is 7.61. The average molecular weight is 230 g/mol. The third kappa shape index (κ3) is 2.56. The largest absolute Gasteiger partial charge is 0.0596 e. The van der Waals surface area contributed by atoms with Crippen LogP contribution in [-0.4, -0.2) is 0 Å². The second kappa shape index (κ2) is 3.86. The second-order valence-electron chi connectivity index (χ2n) is 7.61. The molecule has 0 nitrogen and oxygen atoms in total. The van der Waals surface area contributed by atoms with E-state index in [1.807, 2.05) is 0 Å². The summed E-state index contributed by atoms with van der Waals surface area (Å²) in [7, 11) is 0. The fourth-order valence-corrected chi connectivity index (χ4v) is 3.21. The molecule has 2 rings (SSSR count). The first-order valence-electron chi connectivity index (χ1n) is 6.82. The molecule has 0 radical (unpaired) electrons. The monoisotopic (exact) mass is 230 g/mol. The highest BCUT2D eigenvalue weighted by Crippen LogP contribution is 2.42. The summed E-state index contributed by atoms with van der Waals surface area (Å²) in [5, 5.41) is 0. The molecule has 1 aliphatic rings. The SMILES string of the molecule is C[C@@H]1CC(C)(C)Cc2ccc(C(C)(C)C)cc21. The lowest BCUT2D eigenvalue weighted by molar-refractivity contribution is 0.288. The Morgan fingerprint density at radius 2 is 1.82 bits per heavy atom. The normalized spacial score (nSPS) is 23.3. The highest BCUT2D eigenvalue weighted by atomic mass is 14.3. The van der Waals surface area contributed by atoms with Gasteiger partial charge in [0.15, 0.2) is 0 Å². The van der Waals surface area contributed by atoms with E-state index in [9.17, 15) is 0 Å². The van der Waals surface area contributed by atoms with Gasteiger partial charge in [-0.25, -0.2) is 0 Å². The molecule has 1 aromatic carbocycles. The maximum Gasteiger partial charge on any atom is -0.0132 e. The summed E-state index contributed by atoms with van der Waals surface area (Å²) in [6, 6.07) is 7.15. The molecular formula is C17H26. The summed E-state index contributed by atoms with van der Waals surface area (Å²) < 4.78 is 0. The van der Waals surface area contributed by atoms with Gasteiger partial charge in [0.1, 0.15) is 0 Å².